The number of aliphatic imine (C=N–C) groups is 1. The van der Waals surface area contributed by atoms with Crippen LogP contribution in [0, 0.1) is 0 Å². The van der Waals surface area contributed by atoms with Gasteiger partial charge in [0.1, 0.15) is 12.4 Å². The summed E-state index contributed by atoms with van der Waals surface area (Å²) in [4.78, 5) is 6.69. The van der Waals surface area contributed by atoms with Crippen LogP contribution in [0.2, 0.25) is 0 Å². The summed E-state index contributed by atoms with van der Waals surface area (Å²) in [5, 5.41) is 6.64. The number of guanidine groups is 1. The van der Waals surface area contributed by atoms with Gasteiger partial charge in [-0.3, -0.25) is 9.89 Å². The number of hydrogen-bond donors (Lipinski definition) is 2. The van der Waals surface area contributed by atoms with E-state index in [0.29, 0.717) is 37.2 Å². The number of methoxy groups -OCH3 is 1. The van der Waals surface area contributed by atoms with Crippen molar-refractivity contribution in [3.05, 3.63) is 48.0 Å². The van der Waals surface area contributed by atoms with Crippen molar-refractivity contribution in [2.24, 2.45) is 4.99 Å². The molecular formula is C24H34N4O4. The third kappa shape index (κ3) is 7.03. The number of nitrogens with zero attached hydrogens (tertiary/aromatic N) is 2. The second kappa shape index (κ2) is 12.8. The van der Waals surface area contributed by atoms with E-state index in [9.17, 15) is 0 Å². The van der Waals surface area contributed by atoms with Crippen molar-refractivity contribution in [1.29, 1.82) is 0 Å². The van der Waals surface area contributed by atoms with Crippen LogP contribution in [0.15, 0.2) is 47.5 Å². The smallest absolute Gasteiger partial charge is 0.195 e. The quantitative estimate of drug-likeness (QED) is 0.433. The second-order valence-corrected chi connectivity index (χ2v) is 7.26. The molecule has 8 heteroatoms. The Bertz CT molecular complexity index is 869. The Morgan fingerprint density at radius 2 is 1.88 bits per heavy atom. The Morgan fingerprint density at radius 1 is 1.06 bits per heavy atom. The van der Waals surface area contributed by atoms with Crippen molar-refractivity contribution >= 4 is 11.6 Å². The molecule has 8 nitrogen and oxygen atoms in total. The molecule has 1 aliphatic heterocycles. The molecule has 1 saturated heterocycles. The van der Waals surface area contributed by atoms with Crippen LogP contribution in [0.4, 0.5) is 5.69 Å². The van der Waals surface area contributed by atoms with E-state index in [-0.39, 0.29) is 0 Å². The topological polar surface area (TPSA) is 76.6 Å². The third-order valence-electron chi connectivity index (χ3n) is 5.14. The van der Waals surface area contributed by atoms with Gasteiger partial charge in [0.15, 0.2) is 17.5 Å². The van der Waals surface area contributed by atoms with E-state index in [2.05, 4.69) is 26.6 Å². The monoisotopic (exact) mass is 442 g/mol. The lowest BCUT2D eigenvalue weighted by Crippen LogP contribution is -2.38. The first-order chi connectivity index (χ1) is 15.7. The number of para-hydroxylation sites is 1. The van der Waals surface area contributed by atoms with E-state index in [4.69, 9.17) is 18.9 Å². The van der Waals surface area contributed by atoms with Gasteiger partial charge < -0.3 is 29.6 Å². The fourth-order valence-electron chi connectivity index (χ4n) is 3.42. The van der Waals surface area contributed by atoms with Crippen molar-refractivity contribution in [2.45, 2.75) is 13.5 Å². The lowest BCUT2D eigenvalue weighted by molar-refractivity contribution is 0.0322. The molecule has 2 N–H and O–H groups in total. The van der Waals surface area contributed by atoms with Gasteiger partial charge in [0, 0.05) is 50.5 Å². The Hall–Kier alpha value is -2.97. The zero-order valence-electron chi connectivity index (χ0n) is 19.2. The fraction of sp³-hybridized carbons (Fsp3) is 0.458. The largest absolute Gasteiger partial charge is 0.493 e. The number of anilines is 1. The maximum absolute atomic E-state index is 6.08. The predicted octanol–water partition coefficient (Wildman–Crippen LogP) is 2.99. The number of nitrogens with one attached hydrogen (secondary N) is 2. The zero-order valence-corrected chi connectivity index (χ0v) is 19.2. The molecule has 174 valence electrons. The average molecular weight is 443 g/mol. The van der Waals surface area contributed by atoms with Gasteiger partial charge in [0.25, 0.3) is 0 Å². The summed E-state index contributed by atoms with van der Waals surface area (Å²) in [5.41, 5.74) is 1.93. The van der Waals surface area contributed by atoms with Crippen molar-refractivity contribution < 1.29 is 18.9 Å². The molecule has 2 aromatic rings. The van der Waals surface area contributed by atoms with E-state index < -0.39 is 0 Å². The number of rotatable bonds is 10. The van der Waals surface area contributed by atoms with Crippen LogP contribution < -0.4 is 24.8 Å². The van der Waals surface area contributed by atoms with Gasteiger partial charge in [-0.25, -0.2) is 0 Å². The van der Waals surface area contributed by atoms with Crippen molar-refractivity contribution in [3.63, 3.8) is 0 Å². The molecule has 32 heavy (non-hydrogen) atoms. The van der Waals surface area contributed by atoms with Gasteiger partial charge in [-0.15, -0.1) is 0 Å². The number of morpholine rings is 1. The summed E-state index contributed by atoms with van der Waals surface area (Å²) in [6.07, 6.45) is 0. The maximum Gasteiger partial charge on any atom is 0.195 e. The lowest BCUT2D eigenvalue weighted by atomic mass is 10.2. The maximum atomic E-state index is 6.08. The normalized spacial score (nSPS) is 14.7. The molecule has 2 aromatic carbocycles. The Labute approximate surface area is 190 Å². The van der Waals surface area contributed by atoms with E-state index in [1.54, 1.807) is 14.2 Å². The molecule has 3 rings (SSSR count). The van der Waals surface area contributed by atoms with E-state index in [1.807, 2.05) is 43.3 Å². The van der Waals surface area contributed by atoms with Crippen molar-refractivity contribution in [3.8, 4) is 17.2 Å². The van der Waals surface area contributed by atoms with Crippen LogP contribution in [0.5, 0.6) is 17.2 Å². The highest BCUT2D eigenvalue weighted by atomic mass is 16.5. The molecule has 1 aliphatic rings. The van der Waals surface area contributed by atoms with Gasteiger partial charge in [-0.05, 0) is 25.1 Å². The lowest BCUT2D eigenvalue weighted by Gasteiger charge is -2.26. The summed E-state index contributed by atoms with van der Waals surface area (Å²) in [7, 11) is 3.37. The molecule has 1 heterocycles. The van der Waals surface area contributed by atoms with Crippen LogP contribution in [0.25, 0.3) is 0 Å². The fourth-order valence-corrected chi connectivity index (χ4v) is 3.42. The molecule has 0 amide bonds. The molecule has 0 unspecified atom stereocenters. The van der Waals surface area contributed by atoms with E-state index in [1.165, 1.54) is 0 Å². The minimum absolute atomic E-state index is 0.584. The number of hydrogen-bond acceptors (Lipinski definition) is 6. The Kier molecular flexibility index (Phi) is 9.46. The Morgan fingerprint density at radius 3 is 2.62 bits per heavy atom. The number of benzene rings is 2. The van der Waals surface area contributed by atoms with Gasteiger partial charge >= 0.3 is 0 Å². The first-order valence-corrected chi connectivity index (χ1v) is 11.0. The summed E-state index contributed by atoms with van der Waals surface area (Å²) in [6.45, 7) is 8.18. The van der Waals surface area contributed by atoms with Crippen LogP contribution in [0.1, 0.15) is 12.5 Å². The van der Waals surface area contributed by atoms with Crippen molar-refractivity contribution in [1.82, 2.24) is 10.2 Å². The molecular weight excluding hydrogens is 408 g/mol. The minimum atomic E-state index is 0.584. The zero-order chi connectivity index (χ0) is 22.6. The summed E-state index contributed by atoms with van der Waals surface area (Å²) in [5.74, 6) is 2.92. The summed E-state index contributed by atoms with van der Waals surface area (Å²) in [6, 6.07) is 13.8. The number of ether oxygens (including phenoxy) is 4. The second-order valence-electron chi connectivity index (χ2n) is 7.26. The minimum Gasteiger partial charge on any atom is -0.493 e. The molecule has 1 fully saturated rings. The molecule has 0 spiro atoms. The summed E-state index contributed by atoms with van der Waals surface area (Å²) >= 11 is 0. The average Bonchev–Trinajstić information content (AvgIpc) is 2.84. The van der Waals surface area contributed by atoms with Gasteiger partial charge in [-0.1, -0.05) is 18.2 Å². The van der Waals surface area contributed by atoms with Crippen LogP contribution in [-0.2, 0) is 11.3 Å². The van der Waals surface area contributed by atoms with Gasteiger partial charge in [0.05, 0.1) is 26.9 Å². The molecule has 0 aliphatic carbocycles. The van der Waals surface area contributed by atoms with Crippen molar-refractivity contribution in [2.75, 3.05) is 65.5 Å². The molecule has 0 radical (unpaired) electrons. The molecule has 0 saturated carbocycles. The Balaban J connectivity index is 1.54. The highest BCUT2D eigenvalue weighted by Gasteiger charge is 2.11. The summed E-state index contributed by atoms with van der Waals surface area (Å²) < 4.78 is 22.5. The van der Waals surface area contributed by atoms with E-state index in [0.717, 1.165) is 49.8 Å². The molecule has 0 aromatic heterocycles. The molecule has 0 bridgehead atoms. The van der Waals surface area contributed by atoms with Crippen LogP contribution in [-0.4, -0.2) is 71.1 Å². The SMILES string of the molecule is CCOc1ccc(NC(=NC)NCc2ccccc2OCCN2CCOCC2)cc1OC. The molecule has 0 atom stereocenters. The van der Waals surface area contributed by atoms with Crippen LogP contribution >= 0.6 is 0 Å². The first-order valence-electron chi connectivity index (χ1n) is 11.0. The highest BCUT2D eigenvalue weighted by molar-refractivity contribution is 5.93. The van der Waals surface area contributed by atoms with Crippen LogP contribution in [0.3, 0.4) is 0 Å². The standard InChI is InChI=1S/C24H34N4O4/c1-4-31-22-10-9-20(17-23(22)29-3)27-24(25-2)26-18-19-7-5-6-8-21(19)32-16-13-28-11-14-30-15-12-28/h5-10,17H,4,11-16,18H2,1-3H3,(H2,25,26,27). The van der Waals surface area contributed by atoms with Gasteiger partial charge in [0.2, 0.25) is 0 Å². The van der Waals surface area contributed by atoms with Gasteiger partial charge in [-0.2, -0.15) is 0 Å². The highest BCUT2D eigenvalue weighted by Crippen LogP contribution is 2.30. The van der Waals surface area contributed by atoms with E-state index >= 15 is 0 Å². The third-order valence-corrected chi connectivity index (χ3v) is 5.14. The predicted molar refractivity (Wildman–Crippen MR) is 127 cm³/mol. The first kappa shape index (κ1) is 23.7.